The van der Waals surface area contributed by atoms with E-state index in [0.29, 0.717) is 34.5 Å². The summed E-state index contributed by atoms with van der Waals surface area (Å²) < 4.78 is 21.6. The van der Waals surface area contributed by atoms with Gasteiger partial charge in [0, 0.05) is 28.4 Å². The van der Waals surface area contributed by atoms with Crippen LogP contribution in [0.15, 0.2) is 97.1 Å². The Balaban J connectivity index is 1.35. The van der Waals surface area contributed by atoms with Gasteiger partial charge in [0.1, 0.15) is 0 Å². The van der Waals surface area contributed by atoms with E-state index in [0.717, 1.165) is 47.1 Å². The quantitative estimate of drug-likeness (QED) is 0.120. The smallest absolute Gasteiger partial charge is 0.232 e. The number of hydrogen-bond acceptors (Lipinski definition) is 4. The highest BCUT2D eigenvalue weighted by Gasteiger charge is 2.24. The molecule has 0 saturated heterocycles. The molecule has 0 saturated carbocycles. The number of rotatable bonds is 12. The van der Waals surface area contributed by atoms with Gasteiger partial charge in [0.2, 0.25) is 5.91 Å². The molecule has 1 aliphatic carbocycles. The molecule has 4 aromatic rings. The topological polar surface area (TPSA) is 86.3 Å². The SMILES string of the molecule is Cc1cc(Cl)ccc1-c1ccc(NC(=O)[C@@H](Cc2ccc(C(=O)CCCS(=O)[O-])cc2)c2ccc(C3=CCC(C)(C)CC3)cc2)cc1. The number of hydrogen-bond donors (Lipinski definition) is 1. The van der Waals surface area contributed by atoms with Crippen molar-refractivity contribution in [2.75, 3.05) is 11.1 Å². The lowest BCUT2D eigenvalue weighted by Crippen LogP contribution is -2.23. The Bertz CT molecular complexity index is 1780. The van der Waals surface area contributed by atoms with Gasteiger partial charge in [-0.1, -0.05) is 109 Å². The van der Waals surface area contributed by atoms with Crippen LogP contribution in [-0.2, 0) is 22.3 Å². The van der Waals surface area contributed by atoms with E-state index in [2.05, 4.69) is 49.5 Å². The van der Waals surface area contributed by atoms with Crippen molar-refractivity contribution in [3.8, 4) is 11.1 Å². The molecule has 0 aromatic heterocycles. The molecule has 5 nitrogen and oxygen atoms in total. The minimum absolute atomic E-state index is 0.0296. The monoisotopic (exact) mass is 666 g/mol. The number of benzene rings is 4. The van der Waals surface area contributed by atoms with Gasteiger partial charge in [0.25, 0.3) is 0 Å². The molecule has 1 N–H and O–H groups in total. The van der Waals surface area contributed by atoms with E-state index in [-0.39, 0.29) is 23.9 Å². The number of halogens is 1. The second-order valence-corrected chi connectivity index (χ2v) is 14.7. The molecule has 5 rings (SSSR count). The maximum Gasteiger partial charge on any atom is 0.232 e. The molecule has 0 heterocycles. The van der Waals surface area contributed by atoms with E-state index in [4.69, 9.17) is 11.6 Å². The molecule has 244 valence electrons. The number of aryl methyl sites for hydroxylation is 1. The summed E-state index contributed by atoms with van der Waals surface area (Å²) in [6.07, 6.45) is 6.52. The normalized spacial score (nSPS) is 15.4. The number of Topliss-reactive ketones (excluding diaryl/α,β-unsaturated/α-hetero) is 1. The fraction of sp³-hybridized carbons (Fsp3) is 0.300. The number of amides is 1. The average Bonchev–Trinajstić information content (AvgIpc) is 3.04. The Labute approximate surface area is 285 Å². The van der Waals surface area contributed by atoms with Crippen molar-refractivity contribution in [2.24, 2.45) is 5.41 Å². The zero-order valence-electron chi connectivity index (χ0n) is 27.2. The van der Waals surface area contributed by atoms with Crippen molar-refractivity contribution in [2.45, 2.75) is 65.2 Å². The van der Waals surface area contributed by atoms with Crippen LogP contribution < -0.4 is 5.32 Å². The predicted molar refractivity (Wildman–Crippen MR) is 193 cm³/mol. The summed E-state index contributed by atoms with van der Waals surface area (Å²) in [4.78, 5) is 26.5. The van der Waals surface area contributed by atoms with Gasteiger partial charge in [-0.15, -0.1) is 0 Å². The zero-order chi connectivity index (χ0) is 33.6. The molecule has 0 spiro atoms. The third-order valence-electron chi connectivity index (χ3n) is 9.05. The first-order valence-corrected chi connectivity index (χ1v) is 17.7. The van der Waals surface area contributed by atoms with E-state index in [1.165, 1.54) is 11.1 Å². The maximum absolute atomic E-state index is 13.9. The average molecular weight is 667 g/mol. The van der Waals surface area contributed by atoms with Crippen LogP contribution in [0.3, 0.4) is 0 Å². The third-order valence-corrected chi connectivity index (χ3v) is 9.91. The van der Waals surface area contributed by atoms with Crippen LogP contribution >= 0.6 is 11.6 Å². The van der Waals surface area contributed by atoms with Crippen LogP contribution in [-0.4, -0.2) is 26.2 Å². The number of nitrogens with one attached hydrogen (secondary N) is 1. The molecule has 0 bridgehead atoms. The minimum atomic E-state index is -2.15. The highest BCUT2D eigenvalue weighted by atomic mass is 35.5. The van der Waals surface area contributed by atoms with E-state index < -0.39 is 17.0 Å². The summed E-state index contributed by atoms with van der Waals surface area (Å²) in [5.74, 6) is -0.699. The summed E-state index contributed by atoms with van der Waals surface area (Å²) in [5.41, 5.74) is 9.18. The standard InChI is InChI=1S/C40H42ClNO4S/c1-27-25-34(41)16-19-36(27)31-14-17-35(18-15-31)42-39(44)37(26-28-6-8-33(9-7-28)38(43)5-4-24-47(45)46)32-12-10-29(11-13-32)30-20-22-40(2,3)23-21-30/h6-20,25,37H,4-5,21-24,26H2,1-3H3,(H,42,44)(H,45,46)/p-1/t37-/m0/s1. The summed E-state index contributed by atoms with van der Waals surface area (Å²) in [6, 6.07) is 29.3. The van der Waals surface area contributed by atoms with Crippen molar-refractivity contribution in [1.29, 1.82) is 0 Å². The molecule has 47 heavy (non-hydrogen) atoms. The van der Waals surface area contributed by atoms with Gasteiger partial charge in [0.05, 0.1) is 5.92 Å². The Kier molecular flexibility index (Phi) is 11.3. The highest BCUT2D eigenvalue weighted by Crippen LogP contribution is 2.38. The van der Waals surface area contributed by atoms with Gasteiger partial charge < -0.3 is 9.87 Å². The van der Waals surface area contributed by atoms with Gasteiger partial charge in [-0.2, -0.15) is 0 Å². The first kappa shape index (κ1) is 34.5. The number of anilines is 1. The van der Waals surface area contributed by atoms with Crippen LogP contribution in [0.5, 0.6) is 0 Å². The van der Waals surface area contributed by atoms with Crippen molar-refractivity contribution < 1.29 is 18.4 Å². The summed E-state index contributed by atoms with van der Waals surface area (Å²) >= 11 is 4.00. The minimum Gasteiger partial charge on any atom is -0.772 e. The van der Waals surface area contributed by atoms with E-state index in [1.807, 2.05) is 61.5 Å². The van der Waals surface area contributed by atoms with Crippen LogP contribution in [0.4, 0.5) is 5.69 Å². The molecular formula is C40H41ClNO4S-. The Morgan fingerprint density at radius 1 is 0.936 bits per heavy atom. The number of allylic oxidation sites excluding steroid dienone is 2. The number of carbonyl (C=O) groups excluding carboxylic acids is 2. The van der Waals surface area contributed by atoms with Gasteiger partial charge in [-0.3, -0.25) is 13.8 Å². The van der Waals surface area contributed by atoms with Crippen LogP contribution in [0, 0.1) is 12.3 Å². The molecule has 1 aliphatic rings. The summed E-state index contributed by atoms with van der Waals surface area (Å²) in [5, 5.41) is 3.83. The van der Waals surface area contributed by atoms with Crippen LogP contribution in [0.2, 0.25) is 5.02 Å². The van der Waals surface area contributed by atoms with E-state index >= 15 is 0 Å². The first-order valence-electron chi connectivity index (χ1n) is 16.1. The number of ketones is 1. The highest BCUT2D eigenvalue weighted by molar-refractivity contribution is 7.79. The lowest BCUT2D eigenvalue weighted by atomic mass is 9.77. The van der Waals surface area contributed by atoms with Gasteiger partial charge in [-0.05, 0) is 108 Å². The Morgan fingerprint density at radius 3 is 2.23 bits per heavy atom. The van der Waals surface area contributed by atoms with Crippen molar-refractivity contribution >= 4 is 45.6 Å². The third kappa shape index (κ3) is 9.38. The molecular weight excluding hydrogens is 626 g/mol. The molecule has 4 aromatic carbocycles. The fourth-order valence-corrected chi connectivity index (χ4v) is 6.71. The van der Waals surface area contributed by atoms with Crippen LogP contribution in [0.25, 0.3) is 16.7 Å². The summed E-state index contributed by atoms with van der Waals surface area (Å²) in [7, 11) is 0. The zero-order valence-corrected chi connectivity index (χ0v) is 28.8. The largest absolute Gasteiger partial charge is 0.772 e. The maximum atomic E-state index is 13.9. The van der Waals surface area contributed by atoms with Gasteiger partial charge >= 0.3 is 0 Å². The lowest BCUT2D eigenvalue weighted by molar-refractivity contribution is -0.117. The van der Waals surface area contributed by atoms with Crippen molar-refractivity contribution in [3.63, 3.8) is 0 Å². The van der Waals surface area contributed by atoms with Crippen molar-refractivity contribution in [3.05, 3.63) is 130 Å². The summed E-state index contributed by atoms with van der Waals surface area (Å²) in [6.45, 7) is 6.64. The molecule has 0 fully saturated rings. The Morgan fingerprint density at radius 2 is 1.62 bits per heavy atom. The second-order valence-electron chi connectivity index (χ2n) is 13.2. The predicted octanol–water partition coefficient (Wildman–Crippen LogP) is 9.72. The van der Waals surface area contributed by atoms with Gasteiger partial charge in [-0.25, -0.2) is 0 Å². The first-order chi connectivity index (χ1) is 22.5. The van der Waals surface area contributed by atoms with Crippen LogP contribution in [0.1, 0.15) is 84.5 Å². The fourth-order valence-electron chi connectivity index (χ4n) is 6.10. The van der Waals surface area contributed by atoms with Gasteiger partial charge in [0.15, 0.2) is 5.78 Å². The molecule has 2 atom stereocenters. The molecule has 1 amide bonds. The molecule has 1 unspecified atom stereocenters. The lowest BCUT2D eigenvalue weighted by Gasteiger charge is -2.28. The Hall–Kier alpha value is -3.84. The number of carbonyl (C=O) groups is 2. The molecule has 0 radical (unpaired) electrons. The second kappa shape index (κ2) is 15.4. The van der Waals surface area contributed by atoms with Crippen molar-refractivity contribution in [1.82, 2.24) is 0 Å². The van der Waals surface area contributed by atoms with E-state index in [1.54, 1.807) is 12.1 Å². The van der Waals surface area contributed by atoms with E-state index in [9.17, 15) is 18.4 Å². The molecule has 0 aliphatic heterocycles. The molecule has 7 heteroatoms.